The van der Waals surface area contributed by atoms with Gasteiger partial charge in [0.15, 0.2) is 0 Å². The van der Waals surface area contributed by atoms with E-state index in [2.05, 4.69) is 20.7 Å². The predicted octanol–water partition coefficient (Wildman–Crippen LogP) is 1.40. The maximum atomic E-state index is 12.1. The Labute approximate surface area is 247 Å². The number of hydrogen-bond donors (Lipinski definition) is 3. The summed E-state index contributed by atoms with van der Waals surface area (Å²) in [5.74, 6) is -1.13. The minimum atomic E-state index is -5.61. The van der Waals surface area contributed by atoms with Crippen LogP contribution in [0.5, 0.6) is 0 Å². The zero-order valence-electron chi connectivity index (χ0n) is 27.3. The van der Waals surface area contributed by atoms with Crippen LogP contribution in [0.4, 0.5) is 0 Å². The van der Waals surface area contributed by atoms with E-state index in [0.29, 0.717) is 12.8 Å². The maximum Gasteiger partial charge on any atom is 1.00 e. The molecule has 0 aliphatic carbocycles. The van der Waals surface area contributed by atoms with E-state index in [1.54, 1.807) is 0 Å². The van der Waals surface area contributed by atoms with Gasteiger partial charge in [-0.3, -0.25) is 9.36 Å². The van der Waals surface area contributed by atoms with Gasteiger partial charge in [-0.1, -0.05) is 103 Å². The van der Waals surface area contributed by atoms with Gasteiger partial charge in [0.2, 0.25) is 0 Å². The number of carbonyl (C=O) groups is 1. The first kappa shape index (κ1) is 29.4. The molecule has 0 aliphatic heterocycles. The van der Waals surface area contributed by atoms with Crippen molar-refractivity contribution in [2.24, 2.45) is 0 Å². The van der Waals surface area contributed by atoms with Crippen LogP contribution in [0.15, 0.2) is 0 Å². The molecular formula is C25H50NaO9P. The third-order valence-corrected chi connectivity index (χ3v) is 6.17. The third-order valence-electron chi connectivity index (χ3n) is 5.39. The molecule has 9 nitrogen and oxygen atoms in total. The van der Waals surface area contributed by atoms with Crippen LogP contribution in [0.2, 0.25) is 0 Å². The monoisotopic (exact) mass is 553 g/mol. The Morgan fingerprint density at radius 3 is 1.75 bits per heavy atom. The van der Waals surface area contributed by atoms with E-state index in [4.69, 9.17) is 17.1 Å². The molecular weight excluding hydrogens is 498 g/mol. The standard InChI is InChI=1S/C25H51O9P.Na/c1-2-3-4-5-6-7-8-9-10-11-12-13-14-15-16-17-18-25(29)32-20-24(28)22-34-35(30,31)33-21-23(27)19-26;/h23-24,26-28H,2-22H2,1H3,(H,30,31);/q;+1/p-1/t23?,24-;/m1./s1/i20D2,22D2,24D;. The molecule has 0 heterocycles. The van der Waals surface area contributed by atoms with Crippen LogP contribution in [0.1, 0.15) is 123 Å². The topological polar surface area (TPSA) is 146 Å². The number of hydrogen-bond acceptors (Lipinski definition) is 9. The summed E-state index contributed by atoms with van der Waals surface area (Å²) in [5, 5.41) is 27.9. The van der Waals surface area contributed by atoms with Crippen LogP contribution >= 0.6 is 7.82 Å². The summed E-state index contributed by atoms with van der Waals surface area (Å²) in [6.07, 6.45) is 12.3. The largest absolute Gasteiger partial charge is 1.00 e. The Kier molecular flexibility index (Phi) is 22.1. The number of phosphoric acid groups is 1. The van der Waals surface area contributed by atoms with E-state index < -0.39 is 52.3 Å². The number of rotatable bonds is 26. The van der Waals surface area contributed by atoms with E-state index in [-0.39, 0.29) is 36.0 Å². The maximum absolute atomic E-state index is 12.1. The average molecular weight is 554 g/mol. The Bertz CT molecular complexity index is 736. The molecule has 0 spiro atoms. The molecule has 0 aromatic carbocycles. The Balaban J connectivity index is 0. The van der Waals surface area contributed by atoms with Gasteiger partial charge in [0.05, 0.1) is 26.6 Å². The quantitative estimate of drug-likeness (QED) is 0.0626. The summed E-state index contributed by atoms with van der Waals surface area (Å²) in [6.45, 7) is -7.29. The van der Waals surface area contributed by atoms with Gasteiger partial charge in [-0.25, -0.2) is 0 Å². The van der Waals surface area contributed by atoms with Crippen LogP contribution in [-0.2, 0) is 23.1 Å². The van der Waals surface area contributed by atoms with Crippen LogP contribution in [0.25, 0.3) is 0 Å². The molecule has 0 bridgehead atoms. The van der Waals surface area contributed by atoms with E-state index in [1.165, 1.54) is 64.2 Å². The van der Waals surface area contributed by atoms with Crippen molar-refractivity contribution in [1.29, 1.82) is 0 Å². The molecule has 3 N–H and O–H groups in total. The second-order valence-electron chi connectivity index (χ2n) is 8.75. The van der Waals surface area contributed by atoms with Crippen molar-refractivity contribution >= 4 is 13.8 Å². The molecule has 0 aliphatic rings. The Hall–Kier alpha value is 0.460. The summed E-state index contributed by atoms with van der Waals surface area (Å²) < 4.78 is 62.5. The van der Waals surface area contributed by atoms with Crippen molar-refractivity contribution in [3.8, 4) is 0 Å². The first-order valence-corrected chi connectivity index (χ1v) is 14.5. The van der Waals surface area contributed by atoms with Crippen LogP contribution in [0.3, 0.4) is 0 Å². The minimum Gasteiger partial charge on any atom is -0.756 e. The number of aliphatic hydroxyl groups excluding tert-OH is 2. The number of aliphatic hydroxyl groups is 3. The van der Waals surface area contributed by atoms with Crippen molar-refractivity contribution in [2.75, 3.05) is 26.3 Å². The summed E-state index contributed by atoms with van der Waals surface area (Å²) in [4.78, 5) is 23.8. The first-order valence-electron chi connectivity index (χ1n) is 15.5. The molecule has 0 radical (unpaired) electrons. The van der Waals surface area contributed by atoms with E-state index in [0.717, 1.165) is 25.7 Å². The van der Waals surface area contributed by atoms with E-state index in [1.807, 2.05) is 0 Å². The molecule has 11 heteroatoms. The second-order valence-corrected chi connectivity index (χ2v) is 10.1. The molecule has 2 unspecified atom stereocenters. The molecule has 0 aromatic rings. The van der Waals surface area contributed by atoms with Gasteiger partial charge in [-0.15, -0.1) is 0 Å². The SMILES string of the molecule is [2H]C([2H])(OC(=O)CCCCCCCCCCCCCCCCCC)[C@@]([2H])(O)C([2H])([2H])OP(=O)([O-])OCC(O)CO.[Na+]. The second kappa shape index (κ2) is 27.0. The zero-order chi connectivity index (χ0) is 30.7. The fraction of sp³-hybridized carbons (Fsp3) is 0.960. The fourth-order valence-electron chi connectivity index (χ4n) is 3.35. The molecule has 0 fully saturated rings. The number of ether oxygens (including phenoxy) is 1. The van der Waals surface area contributed by atoms with Gasteiger partial charge < -0.3 is 34.0 Å². The number of phosphoric ester groups is 1. The number of esters is 1. The van der Waals surface area contributed by atoms with Gasteiger partial charge in [-0.2, -0.15) is 0 Å². The number of carbonyl (C=O) groups excluding carboxylic acids is 1. The van der Waals surface area contributed by atoms with Gasteiger partial charge in [-0.05, 0) is 6.42 Å². The van der Waals surface area contributed by atoms with Gasteiger partial charge >= 0.3 is 35.5 Å². The van der Waals surface area contributed by atoms with Gasteiger partial charge in [0.25, 0.3) is 7.82 Å². The van der Waals surface area contributed by atoms with Crippen LogP contribution in [0, 0.1) is 0 Å². The third kappa shape index (κ3) is 27.5. The van der Waals surface area contributed by atoms with Gasteiger partial charge in [0.1, 0.15) is 18.7 Å². The van der Waals surface area contributed by atoms with Crippen molar-refractivity contribution in [1.82, 2.24) is 0 Å². The van der Waals surface area contributed by atoms with Crippen LogP contribution < -0.4 is 34.5 Å². The zero-order valence-corrected chi connectivity index (χ0v) is 25.1. The minimum absolute atomic E-state index is 0. The van der Waals surface area contributed by atoms with Crippen molar-refractivity contribution < 1.29 is 79.8 Å². The van der Waals surface area contributed by atoms with Crippen LogP contribution in [-0.4, -0.2) is 59.8 Å². The molecule has 3 atom stereocenters. The molecule has 0 rings (SSSR count). The summed E-state index contributed by atoms with van der Waals surface area (Å²) in [5.41, 5.74) is 0. The molecule has 0 saturated carbocycles. The van der Waals surface area contributed by atoms with E-state index >= 15 is 0 Å². The summed E-state index contributed by atoms with van der Waals surface area (Å²) >= 11 is 0. The summed E-state index contributed by atoms with van der Waals surface area (Å²) in [7, 11) is -5.61. The van der Waals surface area contributed by atoms with Crippen molar-refractivity contribution in [2.45, 2.75) is 128 Å². The molecule has 0 aromatic heterocycles. The molecule has 36 heavy (non-hydrogen) atoms. The van der Waals surface area contributed by atoms with Crippen molar-refractivity contribution in [3.05, 3.63) is 0 Å². The van der Waals surface area contributed by atoms with E-state index in [9.17, 15) is 19.4 Å². The first-order chi connectivity index (χ1) is 18.6. The number of unbranched alkanes of at least 4 members (excludes halogenated alkanes) is 15. The van der Waals surface area contributed by atoms with Crippen molar-refractivity contribution in [3.63, 3.8) is 0 Å². The fourth-order valence-corrected chi connectivity index (χ4v) is 3.96. The van der Waals surface area contributed by atoms with Gasteiger partial charge in [0, 0.05) is 6.42 Å². The summed E-state index contributed by atoms with van der Waals surface area (Å²) in [6, 6.07) is 0. The molecule has 0 saturated heterocycles. The molecule has 0 amide bonds. The normalized spacial score (nSPS) is 18.3. The predicted molar refractivity (Wildman–Crippen MR) is 134 cm³/mol. The molecule has 210 valence electrons. The Morgan fingerprint density at radius 2 is 1.31 bits per heavy atom. The smallest absolute Gasteiger partial charge is 0.756 e. The average Bonchev–Trinajstić information content (AvgIpc) is 2.85. The Morgan fingerprint density at radius 1 is 0.861 bits per heavy atom.